The van der Waals surface area contributed by atoms with Crippen LogP contribution in [0.25, 0.3) is 0 Å². The van der Waals surface area contributed by atoms with Crippen LogP contribution < -0.4 is 0 Å². The minimum Gasteiger partial charge on any atom is -0.233 e. The Labute approximate surface area is 74.8 Å². The highest BCUT2D eigenvalue weighted by Crippen LogP contribution is 2.58. The monoisotopic (exact) mass is 242 g/mol. The molecule has 9 heteroatoms. The van der Waals surface area contributed by atoms with E-state index in [9.17, 15) is 34.8 Å². The van der Waals surface area contributed by atoms with Gasteiger partial charge in [-0.15, -0.1) is 0 Å². The summed E-state index contributed by atoms with van der Waals surface area (Å²) in [6.45, 7) is -0.212. The zero-order chi connectivity index (χ0) is 11.6. The first kappa shape index (κ1) is 11.6. The molecule has 0 N–H and O–H groups in total. The van der Waals surface area contributed by atoms with Gasteiger partial charge in [0.1, 0.15) is 0 Å². The number of rotatable bonds is 0. The SMILES string of the molecule is CC1(F)C(F)S(=O)(=O)C(F)(F)C1(F)F. The van der Waals surface area contributed by atoms with Gasteiger partial charge in [0.25, 0.3) is 9.84 Å². The van der Waals surface area contributed by atoms with Gasteiger partial charge in [0, 0.05) is 0 Å². The first-order valence-corrected chi connectivity index (χ1v) is 4.77. The van der Waals surface area contributed by atoms with Crippen LogP contribution in [-0.4, -0.2) is 30.8 Å². The molecule has 0 aromatic heterocycles. The molecule has 1 aliphatic heterocycles. The quantitative estimate of drug-likeness (QED) is 0.605. The second-order valence-electron chi connectivity index (χ2n) is 3.03. The van der Waals surface area contributed by atoms with Gasteiger partial charge in [0.2, 0.25) is 11.2 Å². The molecule has 0 aliphatic carbocycles. The van der Waals surface area contributed by atoms with Gasteiger partial charge in [0.15, 0.2) is 0 Å². The topological polar surface area (TPSA) is 34.1 Å². The molecule has 0 spiro atoms. The van der Waals surface area contributed by atoms with Crippen LogP contribution in [-0.2, 0) is 9.84 Å². The van der Waals surface area contributed by atoms with Crippen molar-refractivity contribution < 1.29 is 34.8 Å². The molecule has 0 amide bonds. The molecule has 0 saturated carbocycles. The molecule has 0 radical (unpaired) electrons. The Kier molecular flexibility index (Phi) is 1.96. The third kappa shape index (κ3) is 0.861. The summed E-state index contributed by atoms with van der Waals surface area (Å²) < 4.78 is 96.0. The molecule has 14 heavy (non-hydrogen) atoms. The smallest absolute Gasteiger partial charge is 0.233 e. The number of sulfone groups is 1. The summed E-state index contributed by atoms with van der Waals surface area (Å²) in [5.74, 6) is -5.57. The number of alkyl halides is 6. The fourth-order valence-electron chi connectivity index (χ4n) is 1.03. The molecule has 2 nitrogen and oxygen atoms in total. The van der Waals surface area contributed by atoms with E-state index in [4.69, 9.17) is 0 Å². The van der Waals surface area contributed by atoms with Gasteiger partial charge >= 0.3 is 11.2 Å². The predicted molar refractivity (Wildman–Crippen MR) is 33.2 cm³/mol. The van der Waals surface area contributed by atoms with Crippen LogP contribution in [0.15, 0.2) is 0 Å². The molecule has 1 rings (SSSR count). The van der Waals surface area contributed by atoms with Gasteiger partial charge in [0.05, 0.1) is 0 Å². The summed E-state index contributed by atoms with van der Waals surface area (Å²) in [6.07, 6.45) is 0. The maximum absolute atomic E-state index is 12.8. The van der Waals surface area contributed by atoms with E-state index < -0.39 is 32.2 Å². The van der Waals surface area contributed by atoms with E-state index >= 15 is 0 Å². The largest absolute Gasteiger partial charge is 0.413 e. The molecular weight excluding hydrogens is 238 g/mol. The molecule has 1 aliphatic rings. The van der Waals surface area contributed by atoms with Gasteiger partial charge in [-0.05, 0) is 6.92 Å². The summed E-state index contributed by atoms with van der Waals surface area (Å²) in [6, 6.07) is 0. The summed E-state index contributed by atoms with van der Waals surface area (Å²) in [4.78, 5) is 0. The van der Waals surface area contributed by atoms with Crippen molar-refractivity contribution >= 4 is 9.84 Å². The van der Waals surface area contributed by atoms with E-state index in [-0.39, 0.29) is 6.92 Å². The number of halogens is 6. The van der Waals surface area contributed by atoms with Gasteiger partial charge in [-0.3, -0.25) is 0 Å². The second-order valence-corrected chi connectivity index (χ2v) is 5.04. The highest BCUT2D eigenvalue weighted by molar-refractivity contribution is 7.93. The van der Waals surface area contributed by atoms with Gasteiger partial charge < -0.3 is 0 Å². The average Bonchev–Trinajstić information content (AvgIpc) is 2.05. The first-order chi connectivity index (χ1) is 5.90. The maximum Gasteiger partial charge on any atom is 0.413 e. The highest BCUT2D eigenvalue weighted by atomic mass is 32.2. The molecule has 1 heterocycles. The third-order valence-electron chi connectivity index (χ3n) is 2.04. The van der Waals surface area contributed by atoms with Crippen molar-refractivity contribution in [3.05, 3.63) is 0 Å². The van der Waals surface area contributed by atoms with Crippen LogP contribution in [0.5, 0.6) is 0 Å². The van der Waals surface area contributed by atoms with Crippen LogP contribution in [0.2, 0.25) is 0 Å². The highest BCUT2D eigenvalue weighted by Gasteiger charge is 2.86. The third-order valence-corrected chi connectivity index (χ3v) is 3.99. The van der Waals surface area contributed by atoms with E-state index in [2.05, 4.69) is 0 Å². The van der Waals surface area contributed by atoms with E-state index in [0.29, 0.717) is 0 Å². The molecule has 0 aromatic rings. The Morgan fingerprint density at radius 3 is 1.50 bits per heavy atom. The van der Waals surface area contributed by atoms with E-state index in [0.717, 1.165) is 0 Å². The molecule has 0 aromatic carbocycles. The maximum atomic E-state index is 12.8. The molecule has 1 fully saturated rings. The van der Waals surface area contributed by atoms with Crippen LogP contribution >= 0.6 is 0 Å². The molecule has 0 bridgehead atoms. The standard InChI is InChI=1S/C5H4F6O2S/c1-3(7)2(6)14(12,13)5(10,11)4(3,8)9/h2H,1H3. The van der Waals surface area contributed by atoms with Crippen LogP contribution in [0.1, 0.15) is 6.92 Å². The van der Waals surface area contributed by atoms with Crippen LogP contribution in [0.4, 0.5) is 26.3 Å². The molecule has 2 unspecified atom stereocenters. The van der Waals surface area contributed by atoms with Crippen LogP contribution in [0.3, 0.4) is 0 Å². The number of hydrogen-bond acceptors (Lipinski definition) is 2. The van der Waals surface area contributed by atoms with Crippen molar-refractivity contribution in [3.63, 3.8) is 0 Å². The lowest BCUT2D eigenvalue weighted by Crippen LogP contribution is -2.49. The minimum atomic E-state index is -6.14. The lowest BCUT2D eigenvalue weighted by molar-refractivity contribution is -0.219. The van der Waals surface area contributed by atoms with Crippen molar-refractivity contribution in [3.8, 4) is 0 Å². The van der Waals surface area contributed by atoms with Crippen molar-refractivity contribution in [1.82, 2.24) is 0 Å². The normalized spacial score (nSPS) is 43.8. The molecule has 84 valence electrons. The Hall–Kier alpha value is -0.470. The molecular formula is C5H4F6O2S. The van der Waals surface area contributed by atoms with Crippen molar-refractivity contribution in [1.29, 1.82) is 0 Å². The van der Waals surface area contributed by atoms with Crippen LogP contribution in [0, 0.1) is 0 Å². The Morgan fingerprint density at radius 1 is 1.07 bits per heavy atom. The number of hydrogen-bond donors (Lipinski definition) is 0. The molecule has 1 saturated heterocycles. The van der Waals surface area contributed by atoms with Gasteiger partial charge in [-0.2, -0.15) is 17.6 Å². The zero-order valence-electron chi connectivity index (χ0n) is 6.57. The first-order valence-electron chi connectivity index (χ1n) is 3.22. The lowest BCUT2D eigenvalue weighted by atomic mass is 10.0. The van der Waals surface area contributed by atoms with Gasteiger partial charge in [-0.1, -0.05) is 0 Å². The average molecular weight is 242 g/mol. The summed E-state index contributed by atoms with van der Waals surface area (Å²) >= 11 is 0. The second kappa shape index (κ2) is 2.37. The zero-order valence-corrected chi connectivity index (χ0v) is 7.39. The summed E-state index contributed by atoms with van der Waals surface area (Å²) in [5, 5.41) is -5.72. The fourth-order valence-corrected chi connectivity index (χ4v) is 2.57. The summed E-state index contributed by atoms with van der Waals surface area (Å²) in [5.41, 5.74) is -8.35. The van der Waals surface area contributed by atoms with Crippen molar-refractivity contribution in [2.45, 2.75) is 29.3 Å². The van der Waals surface area contributed by atoms with Crippen molar-refractivity contribution in [2.24, 2.45) is 0 Å². The Bertz CT molecular complexity index is 358. The summed E-state index contributed by atoms with van der Waals surface area (Å²) in [7, 11) is -6.14. The minimum absolute atomic E-state index is 0.212. The van der Waals surface area contributed by atoms with E-state index in [1.54, 1.807) is 0 Å². The van der Waals surface area contributed by atoms with Crippen molar-refractivity contribution in [2.75, 3.05) is 0 Å². The Balaban J connectivity index is 3.55. The van der Waals surface area contributed by atoms with Gasteiger partial charge in [-0.25, -0.2) is 17.2 Å². The van der Waals surface area contributed by atoms with E-state index in [1.807, 2.05) is 0 Å². The molecule has 2 atom stereocenters. The lowest BCUT2D eigenvalue weighted by Gasteiger charge is -2.23. The van der Waals surface area contributed by atoms with E-state index in [1.165, 1.54) is 0 Å². The predicted octanol–water partition coefficient (Wildman–Crippen LogP) is 1.67. The Morgan fingerprint density at radius 2 is 1.43 bits per heavy atom. The fraction of sp³-hybridized carbons (Fsp3) is 1.00.